The molecule has 0 bridgehead atoms. The van der Waals surface area contributed by atoms with Gasteiger partial charge in [-0.2, -0.15) is 5.10 Å². The molecule has 1 aliphatic heterocycles. The molecule has 0 aliphatic carbocycles. The van der Waals surface area contributed by atoms with Crippen LogP contribution in [0.3, 0.4) is 0 Å². The van der Waals surface area contributed by atoms with Crippen LogP contribution >= 0.6 is 0 Å². The second-order valence-electron chi connectivity index (χ2n) is 7.86. The van der Waals surface area contributed by atoms with Gasteiger partial charge in [-0.15, -0.1) is 0 Å². The molecule has 6 nitrogen and oxygen atoms in total. The van der Waals surface area contributed by atoms with Gasteiger partial charge in [0.2, 0.25) is 5.91 Å². The molecule has 1 aliphatic rings. The Labute approximate surface area is 180 Å². The minimum absolute atomic E-state index is 0.200. The van der Waals surface area contributed by atoms with E-state index in [0.29, 0.717) is 17.4 Å². The summed E-state index contributed by atoms with van der Waals surface area (Å²) in [6.45, 7) is 1.53. The lowest BCUT2D eigenvalue weighted by atomic mass is 9.90. The van der Waals surface area contributed by atoms with E-state index in [1.165, 1.54) is 40.6 Å². The van der Waals surface area contributed by atoms with Crippen molar-refractivity contribution in [1.29, 1.82) is 0 Å². The Morgan fingerprint density at radius 2 is 1.71 bits per heavy atom. The van der Waals surface area contributed by atoms with Gasteiger partial charge in [-0.1, -0.05) is 30.3 Å². The predicted molar refractivity (Wildman–Crippen MR) is 119 cm³/mol. The zero-order chi connectivity index (χ0) is 21.6. The molecule has 31 heavy (non-hydrogen) atoms. The molecule has 2 heterocycles. The number of nitrogens with zero attached hydrogens (tertiary/aromatic N) is 3. The molecule has 3 aromatic rings. The van der Waals surface area contributed by atoms with Crippen LogP contribution in [-0.4, -0.2) is 28.8 Å². The fourth-order valence-corrected chi connectivity index (χ4v) is 3.90. The Hall–Kier alpha value is -3.48. The molecule has 0 radical (unpaired) electrons. The Kier molecular flexibility index (Phi) is 6.40. The van der Waals surface area contributed by atoms with E-state index in [1.807, 2.05) is 6.07 Å². The highest BCUT2D eigenvalue weighted by molar-refractivity contribution is 5.90. The van der Waals surface area contributed by atoms with Gasteiger partial charge in [-0.3, -0.25) is 9.59 Å². The fraction of sp³-hybridized carbons (Fsp3) is 0.292. The van der Waals surface area contributed by atoms with Gasteiger partial charge in [0, 0.05) is 24.8 Å². The van der Waals surface area contributed by atoms with E-state index < -0.39 is 0 Å². The smallest absolute Gasteiger partial charge is 0.267 e. The molecule has 160 valence electrons. The minimum atomic E-state index is -0.389. The van der Waals surface area contributed by atoms with E-state index in [9.17, 15) is 14.0 Å². The molecule has 1 fully saturated rings. The highest BCUT2D eigenvalue weighted by Gasteiger charge is 2.21. The number of benzene rings is 2. The molecule has 1 saturated heterocycles. The number of carbonyl (C=O) groups is 1. The second-order valence-corrected chi connectivity index (χ2v) is 7.86. The lowest BCUT2D eigenvalue weighted by Crippen LogP contribution is -2.37. The first-order valence-corrected chi connectivity index (χ1v) is 10.5. The van der Waals surface area contributed by atoms with Crippen LogP contribution < -0.4 is 15.8 Å². The zero-order valence-corrected chi connectivity index (χ0v) is 17.2. The van der Waals surface area contributed by atoms with Gasteiger partial charge < -0.3 is 10.2 Å². The van der Waals surface area contributed by atoms with Crippen molar-refractivity contribution in [3.05, 3.63) is 88.5 Å². The van der Waals surface area contributed by atoms with Crippen molar-refractivity contribution in [3.8, 4) is 0 Å². The summed E-state index contributed by atoms with van der Waals surface area (Å²) in [6, 6.07) is 19.2. The monoisotopic (exact) mass is 420 g/mol. The van der Waals surface area contributed by atoms with Crippen LogP contribution in [0.5, 0.6) is 0 Å². The highest BCUT2D eigenvalue weighted by Crippen LogP contribution is 2.24. The zero-order valence-electron chi connectivity index (χ0n) is 17.2. The third-order valence-corrected chi connectivity index (χ3v) is 5.58. The number of piperidine rings is 1. The number of amides is 1. The number of carbonyl (C=O) groups excluding carboxylic acids is 1. The number of halogens is 1. The van der Waals surface area contributed by atoms with Crippen molar-refractivity contribution in [2.24, 2.45) is 5.92 Å². The first-order chi connectivity index (χ1) is 15.1. The number of nitrogens with one attached hydrogen (secondary N) is 1. The van der Waals surface area contributed by atoms with E-state index in [2.05, 4.69) is 39.6 Å². The summed E-state index contributed by atoms with van der Waals surface area (Å²) in [5.41, 5.74) is 1.49. The van der Waals surface area contributed by atoms with Gasteiger partial charge in [-0.05, 0) is 61.1 Å². The maximum absolute atomic E-state index is 13.0. The lowest BCUT2D eigenvalue weighted by Gasteiger charge is -2.33. The first-order valence-electron chi connectivity index (χ1n) is 10.5. The van der Waals surface area contributed by atoms with Gasteiger partial charge in [0.05, 0.1) is 0 Å². The first kappa shape index (κ1) is 20.8. The third-order valence-electron chi connectivity index (χ3n) is 5.58. The molecule has 1 amide bonds. The van der Waals surface area contributed by atoms with Gasteiger partial charge in [-0.25, -0.2) is 9.07 Å². The number of hydrogen-bond acceptors (Lipinski definition) is 4. The minimum Gasteiger partial charge on any atom is -0.355 e. The Balaban J connectivity index is 1.36. The summed E-state index contributed by atoms with van der Waals surface area (Å²) >= 11 is 0. The van der Waals surface area contributed by atoms with Crippen molar-refractivity contribution in [2.75, 3.05) is 23.3 Å². The summed E-state index contributed by atoms with van der Waals surface area (Å²) in [6.07, 6.45) is 3.19. The Bertz CT molecular complexity index is 1070. The largest absolute Gasteiger partial charge is 0.355 e. The standard InChI is InChI=1S/C24H25FN4O2/c25-20-6-8-21(9-7-20)26-23(30)17-29-24(31)11-10-22(27-29)28-14-12-19(13-15-28)16-18-4-2-1-3-5-18/h1-11,19H,12-17H2,(H,26,30). The van der Waals surface area contributed by atoms with Crippen LogP contribution in [0.15, 0.2) is 71.5 Å². The molecule has 0 spiro atoms. The van der Waals surface area contributed by atoms with E-state index >= 15 is 0 Å². The maximum Gasteiger partial charge on any atom is 0.267 e. The fourth-order valence-electron chi connectivity index (χ4n) is 3.90. The number of aromatic nitrogens is 2. The van der Waals surface area contributed by atoms with Crippen LogP contribution in [-0.2, 0) is 17.8 Å². The average Bonchev–Trinajstić information content (AvgIpc) is 2.78. The van der Waals surface area contributed by atoms with Gasteiger partial charge >= 0.3 is 0 Å². The molecule has 4 rings (SSSR count). The molecule has 0 atom stereocenters. The maximum atomic E-state index is 13.0. The lowest BCUT2D eigenvalue weighted by molar-refractivity contribution is -0.117. The number of hydrogen-bond donors (Lipinski definition) is 1. The van der Waals surface area contributed by atoms with Crippen molar-refractivity contribution in [2.45, 2.75) is 25.8 Å². The van der Waals surface area contributed by atoms with E-state index in [0.717, 1.165) is 32.4 Å². The average molecular weight is 420 g/mol. The number of rotatable bonds is 6. The topological polar surface area (TPSA) is 67.2 Å². The molecule has 2 aromatic carbocycles. The Morgan fingerprint density at radius 1 is 1.00 bits per heavy atom. The summed E-state index contributed by atoms with van der Waals surface area (Å²) in [4.78, 5) is 26.7. The van der Waals surface area contributed by atoms with Crippen LogP contribution in [0.1, 0.15) is 18.4 Å². The molecular weight excluding hydrogens is 395 g/mol. The van der Waals surface area contributed by atoms with E-state index in [-0.39, 0.29) is 23.8 Å². The van der Waals surface area contributed by atoms with E-state index in [1.54, 1.807) is 6.07 Å². The molecule has 0 saturated carbocycles. The summed E-state index contributed by atoms with van der Waals surface area (Å²) in [5.74, 6) is 0.564. The second kappa shape index (κ2) is 9.55. The summed E-state index contributed by atoms with van der Waals surface area (Å²) in [5, 5.41) is 7.06. The normalized spacial score (nSPS) is 14.4. The summed E-state index contributed by atoms with van der Waals surface area (Å²) in [7, 11) is 0. The highest BCUT2D eigenvalue weighted by atomic mass is 19.1. The van der Waals surface area contributed by atoms with E-state index in [4.69, 9.17) is 0 Å². The van der Waals surface area contributed by atoms with Gasteiger partial charge in [0.15, 0.2) is 0 Å². The van der Waals surface area contributed by atoms with Crippen LogP contribution in [0.25, 0.3) is 0 Å². The SMILES string of the molecule is O=C(Cn1nc(N2CCC(Cc3ccccc3)CC2)ccc1=O)Nc1ccc(F)cc1. The van der Waals surface area contributed by atoms with Crippen LogP contribution in [0, 0.1) is 11.7 Å². The van der Waals surface area contributed by atoms with Gasteiger partial charge in [0.25, 0.3) is 5.56 Å². The molecular formula is C24H25FN4O2. The quantitative estimate of drug-likeness (QED) is 0.663. The molecule has 0 unspecified atom stereocenters. The molecule has 7 heteroatoms. The van der Waals surface area contributed by atoms with Crippen LogP contribution in [0.4, 0.5) is 15.9 Å². The van der Waals surface area contributed by atoms with Gasteiger partial charge in [0.1, 0.15) is 18.2 Å². The predicted octanol–water partition coefficient (Wildman–Crippen LogP) is 3.48. The third kappa shape index (κ3) is 5.57. The molecule has 1 N–H and O–H groups in total. The van der Waals surface area contributed by atoms with Crippen molar-refractivity contribution in [1.82, 2.24) is 9.78 Å². The Morgan fingerprint density at radius 3 is 2.42 bits per heavy atom. The van der Waals surface area contributed by atoms with Crippen LogP contribution in [0.2, 0.25) is 0 Å². The summed E-state index contributed by atoms with van der Waals surface area (Å²) < 4.78 is 14.2. The van der Waals surface area contributed by atoms with Crippen molar-refractivity contribution < 1.29 is 9.18 Å². The van der Waals surface area contributed by atoms with Crippen molar-refractivity contribution in [3.63, 3.8) is 0 Å². The number of anilines is 2. The van der Waals surface area contributed by atoms with Crippen molar-refractivity contribution >= 4 is 17.4 Å². The molecule has 1 aromatic heterocycles.